The Morgan fingerprint density at radius 3 is 2.43 bits per heavy atom. The second-order valence-electron chi connectivity index (χ2n) is 6.77. The van der Waals surface area contributed by atoms with Crippen LogP contribution in [0.2, 0.25) is 0 Å². The number of ketones is 1. The minimum Gasteiger partial charge on any atom is -0.497 e. The van der Waals surface area contributed by atoms with Crippen LogP contribution in [-0.4, -0.2) is 61.5 Å². The fourth-order valence-electron chi connectivity index (χ4n) is 2.73. The molecular formula is C19H24N2O7. The summed E-state index contributed by atoms with van der Waals surface area (Å²) < 4.78 is 15.2. The highest BCUT2D eigenvalue weighted by Gasteiger charge is 2.43. The molecule has 152 valence electrons. The van der Waals surface area contributed by atoms with E-state index < -0.39 is 29.9 Å². The van der Waals surface area contributed by atoms with E-state index in [0.717, 1.165) is 4.90 Å². The van der Waals surface area contributed by atoms with Gasteiger partial charge in [-0.15, -0.1) is 0 Å². The lowest BCUT2D eigenvalue weighted by Crippen LogP contribution is -2.40. The topological polar surface area (TPSA) is 111 Å². The van der Waals surface area contributed by atoms with E-state index in [1.807, 2.05) is 0 Å². The van der Waals surface area contributed by atoms with E-state index in [1.165, 1.54) is 20.3 Å². The molecule has 9 heteroatoms. The molecule has 1 aromatic carbocycles. The molecule has 2 rings (SSSR count). The molecule has 1 aliphatic rings. The number of hydrogen-bond donors (Lipinski definition) is 1. The van der Waals surface area contributed by atoms with Crippen LogP contribution in [0.4, 0.5) is 4.79 Å². The van der Waals surface area contributed by atoms with Crippen LogP contribution in [0.5, 0.6) is 11.5 Å². The van der Waals surface area contributed by atoms with Gasteiger partial charge in [-0.2, -0.15) is 0 Å². The summed E-state index contributed by atoms with van der Waals surface area (Å²) in [7, 11) is 2.91. The molecule has 1 saturated heterocycles. The number of methoxy groups -OCH3 is 2. The van der Waals surface area contributed by atoms with Crippen LogP contribution in [0, 0.1) is 0 Å². The Morgan fingerprint density at radius 1 is 1.14 bits per heavy atom. The molecular weight excluding hydrogens is 368 g/mol. The highest BCUT2D eigenvalue weighted by Crippen LogP contribution is 2.24. The fourth-order valence-corrected chi connectivity index (χ4v) is 2.73. The van der Waals surface area contributed by atoms with Crippen molar-refractivity contribution in [1.82, 2.24) is 10.2 Å². The zero-order chi connectivity index (χ0) is 20.9. The van der Waals surface area contributed by atoms with Crippen LogP contribution in [-0.2, 0) is 14.3 Å². The number of amides is 3. The summed E-state index contributed by atoms with van der Waals surface area (Å²) in [5.41, 5.74) is -0.698. The first-order valence-electron chi connectivity index (χ1n) is 8.74. The number of ether oxygens (including phenoxy) is 3. The number of carbonyl (C=O) groups excluding carboxylic acids is 4. The van der Waals surface area contributed by atoms with E-state index in [1.54, 1.807) is 26.0 Å². The summed E-state index contributed by atoms with van der Waals surface area (Å²) in [5, 5.41) is 2.56. The summed E-state index contributed by atoms with van der Waals surface area (Å²) in [6, 6.07) is 4.27. The second-order valence-corrected chi connectivity index (χ2v) is 6.77. The van der Waals surface area contributed by atoms with E-state index in [0.29, 0.717) is 11.5 Å². The normalized spacial score (nSPS) is 15.2. The molecule has 1 aromatic rings. The van der Waals surface area contributed by atoms with Gasteiger partial charge in [-0.25, -0.2) is 4.79 Å². The molecule has 0 unspecified atom stereocenters. The van der Waals surface area contributed by atoms with Gasteiger partial charge in [-0.3, -0.25) is 19.3 Å². The smallest absolute Gasteiger partial charge is 0.325 e. The van der Waals surface area contributed by atoms with E-state index in [2.05, 4.69) is 5.32 Å². The first-order chi connectivity index (χ1) is 13.2. The number of hydrogen-bond acceptors (Lipinski definition) is 7. The Labute approximate surface area is 162 Å². The van der Waals surface area contributed by atoms with Gasteiger partial charge in [-0.1, -0.05) is 0 Å². The quantitative estimate of drug-likeness (QED) is 0.385. The van der Waals surface area contributed by atoms with Gasteiger partial charge in [0, 0.05) is 13.0 Å². The van der Waals surface area contributed by atoms with E-state index in [-0.39, 0.29) is 30.9 Å². The van der Waals surface area contributed by atoms with Crippen molar-refractivity contribution >= 4 is 23.7 Å². The second kappa shape index (κ2) is 8.73. The number of urea groups is 1. The number of esters is 1. The number of nitrogens with one attached hydrogen (secondary N) is 1. The molecule has 9 nitrogen and oxygen atoms in total. The first-order valence-corrected chi connectivity index (χ1v) is 8.74. The van der Waals surface area contributed by atoms with E-state index >= 15 is 0 Å². The van der Waals surface area contributed by atoms with Gasteiger partial charge >= 0.3 is 12.0 Å². The van der Waals surface area contributed by atoms with E-state index in [4.69, 9.17) is 14.2 Å². The van der Waals surface area contributed by atoms with Gasteiger partial charge in [0.25, 0.3) is 5.91 Å². The van der Waals surface area contributed by atoms with Gasteiger partial charge in [0.1, 0.15) is 17.0 Å². The average Bonchev–Trinajstić information content (AvgIpc) is 2.86. The van der Waals surface area contributed by atoms with Crippen molar-refractivity contribution in [3.63, 3.8) is 0 Å². The Hall–Kier alpha value is -3.10. The summed E-state index contributed by atoms with van der Waals surface area (Å²) >= 11 is 0. The highest BCUT2D eigenvalue weighted by atomic mass is 16.5. The van der Waals surface area contributed by atoms with Gasteiger partial charge in [-0.05, 0) is 38.5 Å². The number of benzene rings is 1. The van der Waals surface area contributed by atoms with Gasteiger partial charge in [0.05, 0.1) is 19.8 Å². The minimum atomic E-state index is -0.945. The van der Waals surface area contributed by atoms with Gasteiger partial charge in [0.2, 0.25) is 5.78 Å². The van der Waals surface area contributed by atoms with Gasteiger partial charge in [0.15, 0.2) is 6.61 Å². The van der Waals surface area contributed by atoms with Crippen LogP contribution in [0.25, 0.3) is 0 Å². The molecule has 0 bridgehead atoms. The van der Waals surface area contributed by atoms with Crippen molar-refractivity contribution in [1.29, 1.82) is 0 Å². The first kappa shape index (κ1) is 21.2. The molecule has 0 aromatic heterocycles. The van der Waals surface area contributed by atoms with Crippen molar-refractivity contribution < 1.29 is 33.4 Å². The molecule has 0 radical (unpaired) electrons. The third kappa shape index (κ3) is 4.79. The molecule has 0 spiro atoms. The molecule has 0 aliphatic carbocycles. The standard InChI is InChI=1S/C19H24N2O7/c1-19(2)17(24)21(18(25)20-19)9-5-6-16(23)28-11-14(22)13-10-12(26-3)7-8-15(13)27-4/h7-8,10H,5-6,9,11H2,1-4H3,(H,20,25). The average molecular weight is 392 g/mol. The van der Waals surface area contributed by atoms with Crippen molar-refractivity contribution in [3.8, 4) is 11.5 Å². The maximum absolute atomic E-state index is 12.3. The largest absolute Gasteiger partial charge is 0.497 e. The Kier molecular flexibility index (Phi) is 6.61. The SMILES string of the molecule is COc1ccc(OC)c(C(=O)COC(=O)CCCN2C(=O)NC(C)(C)C2=O)c1. The molecule has 0 atom stereocenters. The molecule has 1 heterocycles. The number of rotatable bonds is 9. The maximum atomic E-state index is 12.3. The number of Topliss-reactive ketones (excluding diaryl/α,β-unsaturated/α-hetero) is 1. The number of imide groups is 1. The maximum Gasteiger partial charge on any atom is 0.325 e. The monoisotopic (exact) mass is 392 g/mol. The van der Waals surface area contributed by atoms with Gasteiger partial charge < -0.3 is 19.5 Å². The minimum absolute atomic E-state index is 0.0278. The fraction of sp³-hybridized carbons (Fsp3) is 0.474. The molecule has 1 fully saturated rings. The summed E-state index contributed by atoms with van der Waals surface area (Å²) in [5.74, 6) is -0.539. The number of nitrogens with zero attached hydrogens (tertiary/aromatic N) is 1. The lowest BCUT2D eigenvalue weighted by molar-refractivity contribution is -0.143. The summed E-state index contributed by atoms with van der Waals surface area (Å²) in [6.07, 6.45) is 0.213. The molecule has 1 N–H and O–H groups in total. The third-order valence-corrected chi connectivity index (χ3v) is 4.28. The molecule has 1 aliphatic heterocycles. The highest BCUT2D eigenvalue weighted by molar-refractivity contribution is 6.06. The van der Waals surface area contributed by atoms with Crippen LogP contribution in [0.15, 0.2) is 18.2 Å². The summed E-state index contributed by atoms with van der Waals surface area (Å²) in [6.45, 7) is 2.87. The van der Waals surface area contributed by atoms with Crippen molar-refractivity contribution in [2.75, 3.05) is 27.4 Å². The zero-order valence-electron chi connectivity index (χ0n) is 16.4. The van der Waals surface area contributed by atoms with Crippen LogP contribution < -0.4 is 14.8 Å². The summed E-state index contributed by atoms with van der Waals surface area (Å²) in [4.78, 5) is 49.1. The lowest BCUT2D eigenvalue weighted by Gasteiger charge is -2.15. The van der Waals surface area contributed by atoms with Crippen LogP contribution >= 0.6 is 0 Å². The van der Waals surface area contributed by atoms with Crippen molar-refractivity contribution in [2.45, 2.75) is 32.2 Å². The predicted molar refractivity (Wildman–Crippen MR) is 98.4 cm³/mol. The molecule has 28 heavy (non-hydrogen) atoms. The van der Waals surface area contributed by atoms with Crippen molar-refractivity contribution in [3.05, 3.63) is 23.8 Å². The lowest BCUT2D eigenvalue weighted by atomic mass is 10.1. The Morgan fingerprint density at radius 2 is 1.86 bits per heavy atom. The molecule has 3 amide bonds. The van der Waals surface area contributed by atoms with E-state index in [9.17, 15) is 19.2 Å². The Balaban J connectivity index is 1.82. The van der Waals surface area contributed by atoms with Crippen LogP contribution in [0.1, 0.15) is 37.0 Å². The Bertz CT molecular complexity index is 788. The predicted octanol–water partition coefficient (Wildman–Crippen LogP) is 1.54. The van der Waals surface area contributed by atoms with Crippen molar-refractivity contribution in [2.24, 2.45) is 0 Å². The number of carbonyl (C=O) groups is 4. The molecule has 0 saturated carbocycles. The zero-order valence-corrected chi connectivity index (χ0v) is 16.4. The third-order valence-electron chi connectivity index (χ3n) is 4.28. The van der Waals surface area contributed by atoms with Crippen LogP contribution in [0.3, 0.4) is 0 Å².